The average molecular weight is 431 g/mol. The summed E-state index contributed by atoms with van der Waals surface area (Å²) in [7, 11) is 0. The van der Waals surface area contributed by atoms with Crippen molar-refractivity contribution in [3.8, 4) is 0 Å². The van der Waals surface area contributed by atoms with E-state index in [1.165, 1.54) is 38.5 Å². The minimum atomic E-state index is -0.193. The summed E-state index contributed by atoms with van der Waals surface area (Å²) in [5, 5.41) is 19.7. The highest BCUT2D eigenvalue weighted by Gasteiger charge is 2.41. The van der Waals surface area contributed by atoms with Crippen LogP contribution < -0.4 is 10.6 Å². The van der Waals surface area contributed by atoms with Crippen LogP contribution in [0.25, 0.3) is 0 Å². The summed E-state index contributed by atoms with van der Waals surface area (Å²) in [4.78, 5) is 0. The molecule has 0 amide bonds. The molecule has 4 unspecified atom stereocenters. The standard InChI is InChI=1S/C23H40Cl2N2O/c24-18-8-4-15(5-9-18)21-13-17(23(28)20-3-1-2-12-26-20)14-22(27-21)16-6-10-19(25)11-7-16/h15-23,26-28H,1-14H2. The van der Waals surface area contributed by atoms with Crippen LogP contribution in [0.2, 0.25) is 0 Å². The van der Waals surface area contributed by atoms with E-state index in [-0.39, 0.29) is 6.10 Å². The molecule has 0 aromatic heterocycles. The highest BCUT2D eigenvalue weighted by atomic mass is 35.5. The summed E-state index contributed by atoms with van der Waals surface area (Å²) in [6.07, 6.45) is 15.3. The van der Waals surface area contributed by atoms with E-state index in [0.29, 0.717) is 34.8 Å². The quantitative estimate of drug-likeness (QED) is 0.559. The van der Waals surface area contributed by atoms with Crippen LogP contribution in [0.1, 0.15) is 83.5 Å². The molecule has 3 N–H and O–H groups in total. The Labute approximate surface area is 181 Å². The Morgan fingerprint density at radius 3 is 1.71 bits per heavy atom. The van der Waals surface area contributed by atoms with Gasteiger partial charge in [-0.2, -0.15) is 0 Å². The van der Waals surface area contributed by atoms with E-state index in [9.17, 15) is 5.11 Å². The smallest absolute Gasteiger partial charge is 0.0722 e. The molecule has 28 heavy (non-hydrogen) atoms. The average Bonchev–Trinajstić information content (AvgIpc) is 2.74. The molecule has 2 heterocycles. The summed E-state index contributed by atoms with van der Waals surface area (Å²) in [5.74, 6) is 1.89. The second-order valence-corrected chi connectivity index (χ2v) is 11.4. The first kappa shape index (κ1) is 21.7. The second-order valence-electron chi connectivity index (χ2n) is 10.2. The van der Waals surface area contributed by atoms with Gasteiger partial charge in [-0.1, -0.05) is 6.42 Å². The molecule has 2 aliphatic heterocycles. The molecule has 2 saturated heterocycles. The number of halogens is 2. The molecule has 4 atom stereocenters. The van der Waals surface area contributed by atoms with Crippen LogP contribution in [0, 0.1) is 17.8 Å². The number of hydrogen-bond acceptors (Lipinski definition) is 3. The third-order valence-corrected chi connectivity index (χ3v) is 9.20. The molecule has 0 bridgehead atoms. The van der Waals surface area contributed by atoms with Crippen molar-refractivity contribution >= 4 is 23.2 Å². The van der Waals surface area contributed by atoms with Crippen LogP contribution in [0.15, 0.2) is 0 Å². The van der Waals surface area contributed by atoms with E-state index in [4.69, 9.17) is 23.2 Å². The van der Waals surface area contributed by atoms with Gasteiger partial charge in [-0.3, -0.25) is 0 Å². The maximum absolute atomic E-state index is 11.3. The molecule has 3 nitrogen and oxygen atoms in total. The van der Waals surface area contributed by atoms with Crippen molar-refractivity contribution in [1.29, 1.82) is 0 Å². The van der Waals surface area contributed by atoms with E-state index in [1.54, 1.807) is 0 Å². The van der Waals surface area contributed by atoms with Gasteiger partial charge in [0, 0.05) is 28.9 Å². The molecule has 0 aromatic carbocycles. The van der Waals surface area contributed by atoms with Gasteiger partial charge in [-0.15, -0.1) is 23.2 Å². The molecular formula is C23H40Cl2N2O. The minimum Gasteiger partial charge on any atom is -0.391 e. The molecule has 0 radical (unpaired) electrons. The maximum atomic E-state index is 11.3. The van der Waals surface area contributed by atoms with Crippen LogP contribution in [-0.4, -0.2) is 46.6 Å². The van der Waals surface area contributed by atoms with Gasteiger partial charge in [-0.05, 0) is 101 Å². The first-order valence-electron chi connectivity index (χ1n) is 12.1. The highest BCUT2D eigenvalue weighted by Crippen LogP contribution is 2.40. The van der Waals surface area contributed by atoms with Crippen LogP contribution in [-0.2, 0) is 0 Å². The van der Waals surface area contributed by atoms with Crippen LogP contribution in [0.4, 0.5) is 0 Å². The number of hydrogen-bond donors (Lipinski definition) is 3. The molecule has 0 aromatic rings. The first-order chi connectivity index (χ1) is 13.6. The number of alkyl halides is 2. The molecule has 2 aliphatic carbocycles. The molecule has 162 valence electrons. The molecular weight excluding hydrogens is 391 g/mol. The number of aliphatic hydroxyl groups excluding tert-OH is 1. The van der Waals surface area contributed by atoms with Crippen molar-refractivity contribution in [2.45, 2.75) is 118 Å². The van der Waals surface area contributed by atoms with Crippen molar-refractivity contribution < 1.29 is 5.11 Å². The van der Waals surface area contributed by atoms with Gasteiger partial charge in [-0.25, -0.2) is 0 Å². The van der Waals surface area contributed by atoms with Crippen LogP contribution in [0.5, 0.6) is 0 Å². The second kappa shape index (κ2) is 10.2. The lowest BCUT2D eigenvalue weighted by Gasteiger charge is -2.47. The lowest BCUT2D eigenvalue weighted by atomic mass is 9.70. The Bertz CT molecular complexity index is 441. The molecule has 2 saturated carbocycles. The Morgan fingerprint density at radius 1 is 0.714 bits per heavy atom. The predicted octanol–water partition coefficient (Wildman–Crippen LogP) is 4.82. The molecule has 4 fully saturated rings. The molecule has 4 aliphatic rings. The van der Waals surface area contributed by atoms with Gasteiger partial charge < -0.3 is 15.7 Å². The van der Waals surface area contributed by atoms with Gasteiger partial charge in [0.25, 0.3) is 0 Å². The van der Waals surface area contributed by atoms with E-state index in [0.717, 1.165) is 63.3 Å². The van der Waals surface area contributed by atoms with Crippen molar-refractivity contribution in [3.05, 3.63) is 0 Å². The third kappa shape index (κ3) is 5.38. The fourth-order valence-corrected chi connectivity index (χ4v) is 7.06. The summed E-state index contributed by atoms with van der Waals surface area (Å²) in [5.41, 5.74) is 0. The molecule has 4 rings (SSSR count). The van der Waals surface area contributed by atoms with E-state index >= 15 is 0 Å². The Balaban J connectivity index is 1.44. The lowest BCUT2D eigenvalue weighted by Crippen LogP contribution is -2.57. The highest BCUT2D eigenvalue weighted by molar-refractivity contribution is 6.20. The van der Waals surface area contributed by atoms with Gasteiger partial charge >= 0.3 is 0 Å². The number of aliphatic hydroxyl groups is 1. The summed E-state index contributed by atoms with van der Waals surface area (Å²) in [6, 6.07) is 1.41. The topological polar surface area (TPSA) is 44.3 Å². The first-order valence-corrected chi connectivity index (χ1v) is 12.9. The van der Waals surface area contributed by atoms with Crippen molar-refractivity contribution in [3.63, 3.8) is 0 Å². The predicted molar refractivity (Wildman–Crippen MR) is 118 cm³/mol. The zero-order valence-electron chi connectivity index (χ0n) is 17.3. The van der Waals surface area contributed by atoms with Gasteiger partial charge in [0.05, 0.1) is 6.10 Å². The Morgan fingerprint density at radius 2 is 1.25 bits per heavy atom. The molecule has 5 heteroatoms. The zero-order chi connectivity index (χ0) is 19.5. The third-order valence-electron chi connectivity index (χ3n) is 8.33. The summed E-state index contributed by atoms with van der Waals surface area (Å²) < 4.78 is 0. The minimum absolute atomic E-state index is 0.193. The number of nitrogens with one attached hydrogen (secondary N) is 2. The lowest BCUT2D eigenvalue weighted by molar-refractivity contribution is 0.00853. The van der Waals surface area contributed by atoms with E-state index in [2.05, 4.69) is 10.6 Å². The van der Waals surface area contributed by atoms with E-state index < -0.39 is 0 Å². The largest absolute Gasteiger partial charge is 0.391 e. The van der Waals surface area contributed by atoms with Gasteiger partial charge in [0.1, 0.15) is 0 Å². The van der Waals surface area contributed by atoms with E-state index in [1.807, 2.05) is 0 Å². The molecule has 0 spiro atoms. The van der Waals surface area contributed by atoms with Crippen LogP contribution in [0.3, 0.4) is 0 Å². The zero-order valence-corrected chi connectivity index (χ0v) is 18.8. The Hall–Kier alpha value is 0.460. The van der Waals surface area contributed by atoms with Crippen molar-refractivity contribution in [1.82, 2.24) is 10.6 Å². The fraction of sp³-hybridized carbons (Fsp3) is 1.00. The Kier molecular flexibility index (Phi) is 7.88. The fourth-order valence-electron chi connectivity index (χ4n) is 6.56. The maximum Gasteiger partial charge on any atom is 0.0722 e. The van der Waals surface area contributed by atoms with Crippen LogP contribution >= 0.6 is 23.2 Å². The summed E-state index contributed by atoms with van der Waals surface area (Å²) >= 11 is 12.8. The SMILES string of the molecule is OC(C1CC(C2CCC(Cl)CC2)NC(C2CCC(Cl)CC2)C1)C1CCCCN1. The van der Waals surface area contributed by atoms with Gasteiger partial charge in [0.15, 0.2) is 0 Å². The van der Waals surface area contributed by atoms with Crippen molar-refractivity contribution in [2.24, 2.45) is 17.8 Å². The summed E-state index contributed by atoms with van der Waals surface area (Å²) in [6.45, 7) is 1.07. The monoisotopic (exact) mass is 430 g/mol. The van der Waals surface area contributed by atoms with Gasteiger partial charge in [0.2, 0.25) is 0 Å². The normalized spacial score (nSPS) is 46.8. The number of piperidine rings is 2. The number of rotatable bonds is 4. The van der Waals surface area contributed by atoms with Crippen molar-refractivity contribution in [2.75, 3.05) is 6.54 Å².